The number of pyridine rings is 1. The van der Waals surface area contributed by atoms with Crippen LogP contribution in [0.4, 0.5) is 4.39 Å². The predicted octanol–water partition coefficient (Wildman–Crippen LogP) is 3.97. The fourth-order valence-electron chi connectivity index (χ4n) is 4.68. The van der Waals surface area contributed by atoms with Crippen LogP contribution < -0.4 is 5.56 Å². The number of aromatic nitrogens is 1. The Labute approximate surface area is 163 Å². The van der Waals surface area contributed by atoms with Gasteiger partial charge in [-0.3, -0.25) is 9.59 Å². The van der Waals surface area contributed by atoms with Crippen molar-refractivity contribution in [2.75, 3.05) is 0 Å². The van der Waals surface area contributed by atoms with Gasteiger partial charge < -0.3 is 9.67 Å². The number of halogens is 1. The zero-order chi connectivity index (χ0) is 20.0. The highest BCUT2D eigenvalue weighted by Gasteiger charge is 2.26. The Hall–Kier alpha value is -2.69. The number of hydrogen-bond donors (Lipinski definition) is 1. The third kappa shape index (κ3) is 3.09. The Morgan fingerprint density at radius 3 is 2.79 bits per heavy atom. The molecule has 0 radical (unpaired) electrons. The maximum absolute atomic E-state index is 14.0. The molecular formula is C23H24FNO3. The largest absolute Gasteiger partial charge is 0.481 e. The highest BCUT2D eigenvalue weighted by molar-refractivity contribution is 5.74. The number of fused-ring (bicyclic) bond motifs is 2. The second-order valence-electron chi connectivity index (χ2n) is 7.89. The summed E-state index contributed by atoms with van der Waals surface area (Å²) in [6.45, 7) is 4.26. The first-order valence-corrected chi connectivity index (χ1v) is 9.80. The molecule has 1 aromatic heterocycles. The second kappa shape index (κ2) is 7.04. The van der Waals surface area contributed by atoms with Crippen LogP contribution in [0.2, 0.25) is 0 Å². The molecule has 28 heavy (non-hydrogen) atoms. The van der Waals surface area contributed by atoms with Crippen molar-refractivity contribution in [2.45, 2.75) is 58.9 Å². The molecule has 4 nitrogen and oxygen atoms in total. The molecule has 0 saturated heterocycles. The number of carbonyl (C=O) groups is 1. The minimum absolute atomic E-state index is 0.0401. The normalized spacial score (nSPS) is 18.1. The van der Waals surface area contributed by atoms with Gasteiger partial charge in [-0.15, -0.1) is 0 Å². The summed E-state index contributed by atoms with van der Waals surface area (Å²) in [6, 6.07) is 5.45. The Morgan fingerprint density at radius 2 is 2.04 bits per heavy atom. The van der Waals surface area contributed by atoms with E-state index < -0.39 is 5.97 Å². The molecule has 4 rings (SSSR count). The topological polar surface area (TPSA) is 59.3 Å². The molecule has 0 amide bonds. The van der Waals surface area contributed by atoms with Gasteiger partial charge in [-0.05, 0) is 85.1 Å². The predicted molar refractivity (Wildman–Crippen MR) is 106 cm³/mol. The van der Waals surface area contributed by atoms with Gasteiger partial charge in [-0.25, -0.2) is 4.39 Å². The molecule has 1 aromatic carbocycles. The number of allylic oxidation sites excluding steroid dienone is 2. The summed E-state index contributed by atoms with van der Waals surface area (Å²) in [5.41, 5.74) is 7.79. The minimum atomic E-state index is -0.895. The quantitative estimate of drug-likeness (QED) is 0.875. The average Bonchev–Trinajstić information content (AvgIpc) is 3.08. The number of aliphatic carboxylic acids is 1. The molecule has 1 N–H and O–H groups in total. The van der Waals surface area contributed by atoms with Crippen LogP contribution in [0.3, 0.4) is 0 Å². The van der Waals surface area contributed by atoms with Gasteiger partial charge in [0.1, 0.15) is 5.82 Å². The van der Waals surface area contributed by atoms with Crippen LogP contribution in [0.15, 0.2) is 28.6 Å². The van der Waals surface area contributed by atoms with Crippen LogP contribution in [0.25, 0.3) is 5.57 Å². The van der Waals surface area contributed by atoms with E-state index in [0.29, 0.717) is 12.1 Å². The molecule has 0 spiro atoms. The molecule has 146 valence electrons. The lowest BCUT2D eigenvalue weighted by Gasteiger charge is -2.23. The first-order valence-electron chi connectivity index (χ1n) is 9.80. The number of nitrogens with zero attached hydrogens (tertiary/aromatic N) is 1. The molecule has 5 heteroatoms. The molecule has 2 heterocycles. The highest BCUT2D eigenvalue weighted by Crippen LogP contribution is 2.38. The van der Waals surface area contributed by atoms with E-state index in [1.807, 2.05) is 26.0 Å². The molecule has 1 aliphatic heterocycles. The van der Waals surface area contributed by atoms with Crippen molar-refractivity contribution in [1.29, 1.82) is 0 Å². The average molecular weight is 381 g/mol. The van der Waals surface area contributed by atoms with Crippen molar-refractivity contribution in [1.82, 2.24) is 4.57 Å². The van der Waals surface area contributed by atoms with E-state index in [1.54, 1.807) is 10.6 Å². The first-order chi connectivity index (χ1) is 13.4. The van der Waals surface area contributed by atoms with Crippen molar-refractivity contribution in [3.05, 3.63) is 73.5 Å². The smallest absolute Gasteiger partial charge is 0.303 e. The van der Waals surface area contributed by atoms with Gasteiger partial charge in [0.25, 0.3) is 5.56 Å². The maximum atomic E-state index is 14.0. The molecular weight excluding hydrogens is 357 g/mol. The summed E-state index contributed by atoms with van der Waals surface area (Å²) < 4.78 is 15.8. The molecule has 2 aliphatic rings. The summed E-state index contributed by atoms with van der Waals surface area (Å²) in [7, 11) is 0. The van der Waals surface area contributed by atoms with Crippen molar-refractivity contribution in [3.63, 3.8) is 0 Å². The van der Waals surface area contributed by atoms with Crippen molar-refractivity contribution < 1.29 is 14.3 Å². The summed E-state index contributed by atoms with van der Waals surface area (Å²) in [4.78, 5) is 23.9. The van der Waals surface area contributed by atoms with Gasteiger partial charge in [-0.1, -0.05) is 6.07 Å². The second-order valence-corrected chi connectivity index (χ2v) is 7.89. The Bertz CT molecular complexity index is 1080. The van der Waals surface area contributed by atoms with E-state index in [1.165, 1.54) is 11.1 Å². The molecule has 2 aromatic rings. The lowest BCUT2D eigenvalue weighted by Crippen LogP contribution is -2.25. The summed E-state index contributed by atoms with van der Waals surface area (Å²) in [5, 5.41) is 8.95. The van der Waals surface area contributed by atoms with Gasteiger partial charge in [-0.2, -0.15) is 0 Å². The molecule has 0 bridgehead atoms. The number of rotatable bonds is 3. The van der Waals surface area contributed by atoms with Crippen LogP contribution in [0, 0.1) is 19.7 Å². The summed E-state index contributed by atoms with van der Waals surface area (Å²) in [6.07, 6.45) is 3.77. The lowest BCUT2D eigenvalue weighted by atomic mass is 9.82. The highest BCUT2D eigenvalue weighted by atomic mass is 19.1. The fourth-order valence-corrected chi connectivity index (χ4v) is 4.68. The first kappa shape index (κ1) is 18.7. The van der Waals surface area contributed by atoms with E-state index in [9.17, 15) is 14.0 Å². The number of aryl methyl sites for hydroxylation is 1. The molecule has 0 atom stereocenters. The maximum Gasteiger partial charge on any atom is 0.303 e. The molecule has 0 saturated carbocycles. The number of carboxylic acid groups (broad SMARTS) is 1. The van der Waals surface area contributed by atoms with Crippen molar-refractivity contribution in [3.8, 4) is 0 Å². The van der Waals surface area contributed by atoms with E-state index >= 15 is 0 Å². The van der Waals surface area contributed by atoms with Crippen LogP contribution in [-0.4, -0.2) is 15.6 Å². The van der Waals surface area contributed by atoms with E-state index in [-0.39, 0.29) is 24.2 Å². The van der Waals surface area contributed by atoms with Crippen LogP contribution in [-0.2, 0) is 30.6 Å². The van der Waals surface area contributed by atoms with Gasteiger partial charge in [0.15, 0.2) is 0 Å². The Kier molecular flexibility index (Phi) is 4.69. The Morgan fingerprint density at radius 1 is 1.25 bits per heavy atom. The summed E-state index contributed by atoms with van der Waals surface area (Å²) in [5.74, 6) is -1.05. The van der Waals surface area contributed by atoms with Gasteiger partial charge in [0.2, 0.25) is 0 Å². The standard InChI is InChI=1S/C23H24FNO3/c1-13-10-16-11-15(12-25(16)23(28)17(13)7-9-22(26)27)19-5-3-4-18-14(2)21(24)8-6-20(18)19/h6,8,10H,3-5,7,9,11-12H2,1-2H3,(H,26,27)/b19-15+. The lowest BCUT2D eigenvalue weighted by molar-refractivity contribution is -0.136. The summed E-state index contributed by atoms with van der Waals surface area (Å²) >= 11 is 0. The van der Waals surface area contributed by atoms with E-state index in [0.717, 1.165) is 53.6 Å². The number of benzene rings is 1. The van der Waals surface area contributed by atoms with Gasteiger partial charge in [0.05, 0.1) is 0 Å². The fraction of sp³-hybridized carbons (Fsp3) is 0.391. The number of carboxylic acids is 1. The third-order valence-corrected chi connectivity index (χ3v) is 6.18. The third-order valence-electron chi connectivity index (χ3n) is 6.18. The van der Waals surface area contributed by atoms with E-state index in [2.05, 4.69) is 0 Å². The van der Waals surface area contributed by atoms with Crippen LogP contribution >= 0.6 is 0 Å². The van der Waals surface area contributed by atoms with E-state index in [4.69, 9.17) is 5.11 Å². The van der Waals surface area contributed by atoms with Gasteiger partial charge >= 0.3 is 5.97 Å². The van der Waals surface area contributed by atoms with Crippen LogP contribution in [0.5, 0.6) is 0 Å². The zero-order valence-corrected chi connectivity index (χ0v) is 16.3. The monoisotopic (exact) mass is 381 g/mol. The van der Waals surface area contributed by atoms with Crippen molar-refractivity contribution >= 4 is 11.5 Å². The molecule has 1 aliphatic carbocycles. The van der Waals surface area contributed by atoms with Crippen LogP contribution in [0.1, 0.15) is 52.8 Å². The Balaban J connectivity index is 1.76. The molecule has 0 unspecified atom stereocenters. The zero-order valence-electron chi connectivity index (χ0n) is 16.3. The van der Waals surface area contributed by atoms with Crippen molar-refractivity contribution in [2.24, 2.45) is 0 Å². The SMILES string of the molecule is Cc1cc2n(c(=O)c1CCC(=O)O)C/C(=C1\CCCc3c1ccc(F)c3C)C2. The molecule has 0 fully saturated rings. The van der Waals surface area contributed by atoms with Gasteiger partial charge in [0, 0.05) is 30.6 Å². The number of hydrogen-bond acceptors (Lipinski definition) is 2. The minimum Gasteiger partial charge on any atom is -0.481 e.